The number of rotatable bonds is 1. The van der Waals surface area contributed by atoms with Crippen LogP contribution in [-0.2, 0) is 12.8 Å². The first-order chi connectivity index (χ1) is 9.13. The van der Waals surface area contributed by atoms with Crippen molar-refractivity contribution in [3.63, 3.8) is 0 Å². The van der Waals surface area contributed by atoms with Crippen LogP contribution in [0.15, 0.2) is 18.2 Å². The Bertz CT molecular complexity index is 488. The third-order valence-corrected chi connectivity index (χ3v) is 4.19. The predicted octanol–water partition coefficient (Wildman–Crippen LogP) is 2.00. The van der Waals surface area contributed by atoms with Crippen molar-refractivity contribution in [3.05, 3.63) is 34.9 Å². The molecule has 19 heavy (non-hydrogen) atoms. The fourth-order valence-corrected chi connectivity index (χ4v) is 3.38. The Morgan fingerprint density at radius 2 is 1.84 bits per heavy atom. The number of aryl methyl sites for hydroxylation is 2. The monoisotopic (exact) mass is 258 g/mol. The molecule has 1 saturated heterocycles. The molecule has 0 radical (unpaired) electrons. The average molecular weight is 258 g/mol. The van der Waals surface area contributed by atoms with E-state index in [-0.39, 0.29) is 5.91 Å². The number of nitrogens with one attached hydrogen (secondary N) is 1. The van der Waals surface area contributed by atoms with Gasteiger partial charge in [-0.3, -0.25) is 4.79 Å². The Balaban J connectivity index is 1.80. The fourth-order valence-electron chi connectivity index (χ4n) is 3.38. The SMILES string of the molecule is CC1CN(C(=O)c2ccc3c(c2)CCC3)CC(C)N1. The molecule has 3 rings (SSSR count). The first-order valence-corrected chi connectivity index (χ1v) is 7.30. The molecule has 3 nitrogen and oxygen atoms in total. The summed E-state index contributed by atoms with van der Waals surface area (Å²) in [7, 11) is 0. The highest BCUT2D eigenvalue weighted by Crippen LogP contribution is 2.23. The lowest BCUT2D eigenvalue weighted by atomic mass is 10.0. The molecule has 2 unspecified atom stereocenters. The molecular weight excluding hydrogens is 236 g/mol. The highest BCUT2D eigenvalue weighted by molar-refractivity contribution is 5.94. The molecule has 2 atom stereocenters. The van der Waals surface area contributed by atoms with E-state index in [4.69, 9.17) is 0 Å². The Morgan fingerprint density at radius 3 is 2.58 bits per heavy atom. The van der Waals surface area contributed by atoms with Gasteiger partial charge >= 0.3 is 0 Å². The molecule has 0 saturated carbocycles. The average Bonchev–Trinajstić information content (AvgIpc) is 2.83. The molecule has 3 heteroatoms. The van der Waals surface area contributed by atoms with E-state index in [9.17, 15) is 4.79 Å². The van der Waals surface area contributed by atoms with Crippen molar-refractivity contribution in [3.8, 4) is 0 Å². The third kappa shape index (κ3) is 2.52. The molecule has 1 aliphatic heterocycles. The predicted molar refractivity (Wildman–Crippen MR) is 76.4 cm³/mol. The number of piperazine rings is 1. The van der Waals surface area contributed by atoms with Crippen LogP contribution in [0.2, 0.25) is 0 Å². The Hall–Kier alpha value is -1.35. The summed E-state index contributed by atoms with van der Waals surface area (Å²) in [5.74, 6) is 0.190. The quantitative estimate of drug-likeness (QED) is 0.835. The second kappa shape index (κ2) is 4.97. The minimum Gasteiger partial charge on any atom is -0.336 e. The first-order valence-electron chi connectivity index (χ1n) is 7.30. The standard InChI is InChI=1S/C16H22N2O/c1-11-9-18(10-12(2)17-11)16(19)15-7-6-13-4-3-5-14(13)8-15/h6-8,11-12,17H,3-5,9-10H2,1-2H3. The summed E-state index contributed by atoms with van der Waals surface area (Å²) < 4.78 is 0. The summed E-state index contributed by atoms with van der Waals surface area (Å²) >= 11 is 0. The van der Waals surface area contributed by atoms with Crippen molar-refractivity contribution in [2.24, 2.45) is 0 Å². The zero-order chi connectivity index (χ0) is 13.4. The highest BCUT2D eigenvalue weighted by atomic mass is 16.2. The molecule has 1 heterocycles. The van der Waals surface area contributed by atoms with E-state index in [1.807, 2.05) is 11.0 Å². The van der Waals surface area contributed by atoms with Crippen molar-refractivity contribution in [1.82, 2.24) is 10.2 Å². The van der Waals surface area contributed by atoms with E-state index >= 15 is 0 Å². The van der Waals surface area contributed by atoms with E-state index < -0.39 is 0 Å². The summed E-state index contributed by atoms with van der Waals surface area (Å²) in [6.45, 7) is 5.89. The largest absolute Gasteiger partial charge is 0.336 e. The van der Waals surface area contributed by atoms with Crippen LogP contribution < -0.4 is 5.32 Å². The molecule has 0 aromatic heterocycles. The lowest BCUT2D eigenvalue weighted by Gasteiger charge is -2.36. The molecule has 1 aromatic carbocycles. The minimum atomic E-state index is 0.190. The number of hydrogen-bond donors (Lipinski definition) is 1. The molecular formula is C16H22N2O. The normalized spacial score (nSPS) is 26.3. The van der Waals surface area contributed by atoms with Crippen molar-refractivity contribution in [1.29, 1.82) is 0 Å². The van der Waals surface area contributed by atoms with Crippen LogP contribution in [0.3, 0.4) is 0 Å². The zero-order valence-corrected chi connectivity index (χ0v) is 11.8. The molecule has 1 N–H and O–H groups in total. The van der Waals surface area contributed by atoms with Crippen molar-refractivity contribution < 1.29 is 4.79 Å². The van der Waals surface area contributed by atoms with Crippen LogP contribution in [0.25, 0.3) is 0 Å². The van der Waals surface area contributed by atoms with Gasteiger partial charge < -0.3 is 10.2 Å². The highest BCUT2D eigenvalue weighted by Gasteiger charge is 2.26. The number of carbonyl (C=O) groups is 1. The number of nitrogens with zero attached hydrogens (tertiary/aromatic N) is 1. The lowest BCUT2D eigenvalue weighted by Crippen LogP contribution is -2.55. The van der Waals surface area contributed by atoms with Crippen LogP contribution in [0, 0.1) is 0 Å². The van der Waals surface area contributed by atoms with E-state index in [0.29, 0.717) is 12.1 Å². The maximum absolute atomic E-state index is 12.6. The van der Waals surface area contributed by atoms with Crippen LogP contribution in [0.5, 0.6) is 0 Å². The summed E-state index contributed by atoms with van der Waals surface area (Å²) in [4.78, 5) is 14.6. The fraction of sp³-hybridized carbons (Fsp3) is 0.562. The van der Waals surface area contributed by atoms with Crippen molar-refractivity contribution >= 4 is 5.91 Å². The second-order valence-corrected chi connectivity index (χ2v) is 6.02. The topological polar surface area (TPSA) is 32.3 Å². The van der Waals surface area contributed by atoms with Crippen molar-refractivity contribution in [2.45, 2.75) is 45.2 Å². The van der Waals surface area contributed by atoms with Crippen LogP contribution in [-0.4, -0.2) is 36.0 Å². The van der Waals surface area contributed by atoms with Gasteiger partial charge in [-0.25, -0.2) is 0 Å². The van der Waals surface area contributed by atoms with E-state index in [0.717, 1.165) is 25.1 Å². The van der Waals surface area contributed by atoms with Gasteiger partial charge in [-0.2, -0.15) is 0 Å². The zero-order valence-electron chi connectivity index (χ0n) is 11.8. The summed E-state index contributed by atoms with van der Waals surface area (Å²) in [5.41, 5.74) is 3.67. The molecule has 102 valence electrons. The molecule has 1 aliphatic carbocycles. The van der Waals surface area contributed by atoms with Gasteiger partial charge in [0.2, 0.25) is 0 Å². The molecule has 1 amide bonds. The summed E-state index contributed by atoms with van der Waals surface area (Å²) in [5, 5.41) is 3.46. The van der Waals surface area contributed by atoms with Gasteiger partial charge in [0.1, 0.15) is 0 Å². The van der Waals surface area contributed by atoms with Crippen LogP contribution in [0.4, 0.5) is 0 Å². The van der Waals surface area contributed by atoms with Gasteiger partial charge in [-0.15, -0.1) is 0 Å². The Labute approximate surface area is 115 Å². The number of amides is 1. The van der Waals surface area contributed by atoms with Crippen LogP contribution >= 0.6 is 0 Å². The molecule has 2 aliphatic rings. The van der Waals surface area contributed by atoms with Gasteiger partial charge in [0.05, 0.1) is 0 Å². The number of fused-ring (bicyclic) bond motifs is 1. The molecule has 1 aromatic rings. The molecule has 1 fully saturated rings. The molecule has 0 spiro atoms. The number of carbonyl (C=O) groups excluding carboxylic acids is 1. The minimum absolute atomic E-state index is 0.190. The number of hydrogen-bond acceptors (Lipinski definition) is 2. The Kier molecular flexibility index (Phi) is 3.31. The maximum Gasteiger partial charge on any atom is 0.253 e. The Morgan fingerprint density at radius 1 is 1.16 bits per heavy atom. The van der Waals surface area contributed by atoms with Gasteiger partial charge in [0, 0.05) is 30.7 Å². The number of benzene rings is 1. The third-order valence-electron chi connectivity index (χ3n) is 4.19. The van der Waals surface area contributed by atoms with E-state index in [2.05, 4.69) is 31.3 Å². The summed E-state index contributed by atoms with van der Waals surface area (Å²) in [6, 6.07) is 7.01. The van der Waals surface area contributed by atoms with E-state index in [1.165, 1.54) is 24.0 Å². The summed E-state index contributed by atoms with van der Waals surface area (Å²) in [6.07, 6.45) is 3.53. The smallest absolute Gasteiger partial charge is 0.253 e. The van der Waals surface area contributed by atoms with Gasteiger partial charge in [-0.1, -0.05) is 6.07 Å². The first kappa shape index (κ1) is 12.7. The van der Waals surface area contributed by atoms with Crippen molar-refractivity contribution in [2.75, 3.05) is 13.1 Å². The van der Waals surface area contributed by atoms with Gasteiger partial charge in [0.15, 0.2) is 0 Å². The van der Waals surface area contributed by atoms with Gasteiger partial charge in [0.25, 0.3) is 5.91 Å². The lowest BCUT2D eigenvalue weighted by molar-refractivity contribution is 0.0673. The van der Waals surface area contributed by atoms with Crippen LogP contribution in [0.1, 0.15) is 41.8 Å². The van der Waals surface area contributed by atoms with E-state index in [1.54, 1.807) is 0 Å². The second-order valence-electron chi connectivity index (χ2n) is 6.02. The van der Waals surface area contributed by atoms with Gasteiger partial charge in [-0.05, 0) is 56.4 Å². The maximum atomic E-state index is 12.6. The molecule has 0 bridgehead atoms.